The maximum atomic E-state index is 14.4. The first kappa shape index (κ1) is 17.0. The van der Waals surface area contributed by atoms with Crippen molar-refractivity contribution in [2.45, 2.75) is 43.4 Å². The Morgan fingerprint density at radius 2 is 2.04 bits per heavy atom. The zero-order chi connectivity index (χ0) is 17.2. The van der Waals surface area contributed by atoms with Gasteiger partial charge in [-0.1, -0.05) is 0 Å². The number of rotatable bonds is 4. The third-order valence-corrected chi connectivity index (χ3v) is 6.48. The van der Waals surface area contributed by atoms with Crippen molar-refractivity contribution in [3.63, 3.8) is 0 Å². The Morgan fingerprint density at radius 1 is 1.24 bits per heavy atom. The second kappa shape index (κ2) is 7.41. The molecule has 2 aliphatic carbocycles. The Labute approximate surface area is 151 Å². The van der Waals surface area contributed by atoms with E-state index in [0.29, 0.717) is 34.3 Å². The fraction of sp³-hybridized carbons (Fsp3) is 0.611. The van der Waals surface area contributed by atoms with Crippen molar-refractivity contribution in [1.82, 2.24) is 10.6 Å². The SMILES string of the molecule is O=C1NC(CSC2CCNCC2)=NC2=CC(=NC3CCC3)C=C(F)C12. The predicted molar refractivity (Wildman–Crippen MR) is 99.8 cm³/mol. The molecule has 2 N–H and O–H groups in total. The van der Waals surface area contributed by atoms with E-state index in [2.05, 4.69) is 20.6 Å². The third kappa shape index (κ3) is 3.87. The molecule has 1 saturated carbocycles. The van der Waals surface area contributed by atoms with Crippen LogP contribution in [0.25, 0.3) is 0 Å². The number of carbonyl (C=O) groups excluding carboxylic acids is 1. The van der Waals surface area contributed by atoms with Gasteiger partial charge in [0.1, 0.15) is 17.6 Å². The molecular weight excluding hydrogens is 339 g/mol. The molecule has 2 heterocycles. The van der Waals surface area contributed by atoms with E-state index in [-0.39, 0.29) is 5.91 Å². The second-order valence-corrected chi connectivity index (χ2v) is 8.27. The van der Waals surface area contributed by atoms with Crippen LogP contribution in [0, 0.1) is 5.92 Å². The van der Waals surface area contributed by atoms with Crippen LogP contribution in [0.5, 0.6) is 0 Å². The van der Waals surface area contributed by atoms with Crippen LogP contribution in [0.4, 0.5) is 4.39 Å². The molecule has 1 saturated heterocycles. The van der Waals surface area contributed by atoms with E-state index in [4.69, 9.17) is 0 Å². The summed E-state index contributed by atoms with van der Waals surface area (Å²) in [6, 6.07) is 0.295. The van der Waals surface area contributed by atoms with Gasteiger partial charge in [-0.3, -0.25) is 9.79 Å². The summed E-state index contributed by atoms with van der Waals surface area (Å²) in [4.78, 5) is 21.4. The molecule has 0 bridgehead atoms. The molecular formula is C18H23FN4OS. The van der Waals surface area contributed by atoms with Crippen molar-refractivity contribution >= 4 is 29.2 Å². The molecule has 0 aromatic heterocycles. The lowest BCUT2D eigenvalue weighted by Crippen LogP contribution is -2.43. The summed E-state index contributed by atoms with van der Waals surface area (Å²) >= 11 is 1.82. The van der Waals surface area contributed by atoms with Crippen LogP contribution in [0.2, 0.25) is 0 Å². The number of amidine groups is 1. The summed E-state index contributed by atoms with van der Waals surface area (Å²) < 4.78 is 14.4. The zero-order valence-electron chi connectivity index (χ0n) is 14.1. The van der Waals surface area contributed by atoms with Gasteiger partial charge in [-0.2, -0.15) is 11.8 Å². The first-order valence-corrected chi connectivity index (χ1v) is 10.1. The lowest BCUT2D eigenvalue weighted by atomic mass is 9.92. The number of hydrogen-bond donors (Lipinski definition) is 2. The number of carbonyl (C=O) groups is 1. The summed E-state index contributed by atoms with van der Waals surface area (Å²) in [6.45, 7) is 2.08. The highest BCUT2D eigenvalue weighted by atomic mass is 32.2. The minimum absolute atomic E-state index is 0.295. The smallest absolute Gasteiger partial charge is 0.241 e. The van der Waals surface area contributed by atoms with Crippen LogP contribution < -0.4 is 10.6 Å². The standard InChI is InChI=1S/C18H23FN4OS/c19-14-8-12(21-11-2-1-3-11)9-15-17(14)18(24)23-16(22-15)10-25-13-4-6-20-7-5-13/h8-9,11,13,17,20H,1-7,10H2,(H,22,23,24). The van der Waals surface area contributed by atoms with Crippen molar-refractivity contribution in [1.29, 1.82) is 0 Å². The third-order valence-electron chi connectivity index (χ3n) is 5.10. The normalized spacial score (nSPS) is 29.3. The molecule has 1 unspecified atom stereocenters. The van der Waals surface area contributed by atoms with E-state index >= 15 is 0 Å². The second-order valence-electron chi connectivity index (χ2n) is 6.98. The molecule has 0 radical (unpaired) electrons. The molecule has 2 aliphatic heterocycles. The molecule has 4 aliphatic rings. The minimum atomic E-state index is -0.909. The summed E-state index contributed by atoms with van der Waals surface area (Å²) in [6.07, 6.45) is 8.74. The first-order chi connectivity index (χ1) is 12.2. The average Bonchev–Trinajstić information content (AvgIpc) is 2.57. The first-order valence-electron chi connectivity index (χ1n) is 9.06. The molecule has 134 valence electrons. The molecule has 25 heavy (non-hydrogen) atoms. The van der Waals surface area contributed by atoms with Gasteiger partial charge in [0.05, 0.1) is 23.2 Å². The Hall–Kier alpha value is -1.47. The summed E-state index contributed by atoms with van der Waals surface area (Å²) in [5.41, 5.74) is 1.10. The lowest BCUT2D eigenvalue weighted by molar-refractivity contribution is -0.122. The Kier molecular flexibility index (Phi) is 5.03. The van der Waals surface area contributed by atoms with Gasteiger partial charge in [0.25, 0.3) is 0 Å². The number of allylic oxidation sites excluding steroid dienone is 2. The number of hydrogen-bond acceptors (Lipinski definition) is 5. The van der Waals surface area contributed by atoms with Crippen molar-refractivity contribution < 1.29 is 9.18 Å². The molecule has 1 atom stereocenters. The quantitative estimate of drug-likeness (QED) is 0.807. The monoisotopic (exact) mass is 362 g/mol. The number of halogens is 1. The highest BCUT2D eigenvalue weighted by Crippen LogP contribution is 2.32. The number of fused-ring (bicyclic) bond motifs is 1. The number of nitrogens with zero attached hydrogens (tertiary/aromatic N) is 2. The van der Waals surface area contributed by atoms with Crippen LogP contribution >= 0.6 is 11.8 Å². The Morgan fingerprint density at radius 3 is 2.76 bits per heavy atom. The van der Waals surface area contributed by atoms with Crippen LogP contribution in [0.3, 0.4) is 0 Å². The molecule has 0 spiro atoms. The van der Waals surface area contributed by atoms with Crippen molar-refractivity contribution in [3.05, 3.63) is 23.7 Å². The van der Waals surface area contributed by atoms with Gasteiger partial charge in [0.15, 0.2) is 0 Å². The van der Waals surface area contributed by atoms with Gasteiger partial charge < -0.3 is 10.6 Å². The number of piperidine rings is 1. The van der Waals surface area contributed by atoms with Crippen LogP contribution in [0.1, 0.15) is 32.1 Å². The van der Waals surface area contributed by atoms with Gasteiger partial charge in [-0.05, 0) is 57.3 Å². The molecule has 0 aromatic rings. The molecule has 0 aromatic carbocycles. The fourth-order valence-corrected chi connectivity index (χ4v) is 4.52. The summed E-state index contributed by atoms with van der Waals surface area (Å²) in [7, 11) is 0. The van der Waals surface area contributed by atoms with Crippen molar-refractivity contribution in [2.24, 2.45) is 15.9 Å². The van der Waals surface area contributed by atoms with E-state index < -0.39 is 11.7 Å². The Balaban J connectivity index is 1.48. The van der Waals surface area contributed by atoms with E-state index in [0.717, 1.165) is 38.8 Å². The van der Waals surface area contributed by atoms with E-state index in [1.807, 2.05) is 11.8 Å². The van der Waals surface area contributed by atoms with Crippen molar-refractivity contribution in [3.8, 4) is 0 Å². The maximum Gasteiger partial charge on any atom is 0.241 e. The fourth-order valence-electron chi connectivity index (χ4n) is 3.43. The molecule has 1 amide bonds. The van der Waals surface area contributed by atoms with Gasteiger partial charge in [-0.25, -0.2) is 9.38 Å². The molecule has 2 fully saturated rings. The number of amides is 1. The summed E-state index contributed by atoms with van der Waals surface area (Å²) in [5.74, 6) is -0.400. The predicted octanol–water partition coefficient (Wildman–Crippen LogP) is 2.36. The van der Waals surface area contributed by atoms with Crippen molar-refractivity contribution in [2.75, 3.05) is 18.8 Å². The highest BCUT2D eigenvalue weighted by Gasteiger charge is 2.35. The molecule has 5 nitrogen and oxygen atoms in total. The summed E-state index contributed by atoms with van der Waals surface area (Å²) in [5, 5.41) is 6.71. The topological polar surface area (TPSA) is 65.8 Å². The van der Waals surface area contributed by atoms with E-state index in [1.165, 1.54) is 12.5 Å². The number of aliphatic imine (C=N–C) groups is 2. The van der Waals surface area contributed by atoms with Gasteiger partial charge in [0.2, 0.25) is 5.91 Å². The van der Waals surface area contributed by atoms with Gasteiger partial charge in [-0.15, -0.1) is 0 Å². The largest absolute Gasteiger partial charge is 0.317 e. The Bertz CT molecular complexity index is 675. The minimum Gasteiger partial charge on any atom is -0.317 e. The van der Waals surface area contributed by atoms with E-state index in [9.17, 15) is 9.18 Å². The van der Waals surface area contributed by atoms with Crippen LogP contribution in [-0.4, -0.2) is 47.6 Å². The zero-order valence-corrected chi connectivity index (χ0v) is 14.9. The van der Waals surface area contributed by atoms with Crippen LogP contribution in [0.15, 0.2) is 33.7 Å². The number of nitrogens with one attached hydrogen (secondary N) is 2. The lowest BCUT2D eigenvalue weighted by Gasteiger charge is -2.27. The van der Waals surface area contributed by atoms with Gasteiger partial charge in [0, 0.05) is 5.25 Å². The maximum absolute atomic E-state index is 14.4. The number of thioether (sulfide) groups is 1. The average molecular weight is 362 g/mol. The highest BCUT2D eigenvalue weighted by molar-refractivity contribution is 8.00. The molecule has 7 heteroatoms. The van der Waals surface area contributed by atoms with Gasteiger partial charge >= 0.3 is 0 Å². The molecule has 4 rings (SSSR count). The van der Waals surface area contributed by atoms with E-state index in [1.54, 1.807) is 6.08 Å². The van der Waals surface area contributed by atoms with Crippen LogP contribution in [-0.2, 0) is 4.79 Å².